The van der Waals surface area contributed by atoms with Crippen molar-refractivity contribution in [3.8, 4) is 5.75 Å². The molecule has 0 bridgehead atoms. The van der Waals surface area contributed by atoms with E-state index in [1.165, 1.54) is 18.4 Å². The lowest BCUT2D eigenvalue weighted by molar-refractivity contribution is 0.276. The zero-order valence-corrected chi connectivity index (χ0v) is 15.8. The first-order valence-electron chi connectivity index (χ1n) is 7.49. The minimum Gasteiger partial charge on any atom is -0.490 e. The van der Waals surface area contributed by atoms with Gasteiger partial charge in [0.1, 0.15) is 12.4 Å². The smallest absolute Gasteiger partial charge is 0.139 e. The molecular weight excluding hydrogens is 369 g/mol. The van der Waals surface area contributed by atoms with E-state index >= 15 is 0 Å². The van der Waals surface area contributed by atoms with Crippen LogP contribution in [0.1, 0.15) is 18.4 Å². The van der Waals surface area contributed by atoms with Gasteiger partial charge in [-0.05, 0) is 24.9 Å². The fourth-order valence-corrected chi connectivity index (χ4v) is 2.49. The third-order valence-corrected chi connectivity index (χ3v) is 3.67. The van der Waals surface area contributed by atoms with Crippen LogP contribution in [0.3, 0.4) is 0 Å². The number of hydrogen-bond acceptors (Lipinski definition) is 4. The molecule has 24 heavy (non-hydrogen) atoms. The molecule has 0 spiro atoms. The maximum Gasteiger partial charge on any atom is 0.139 e. The van der Waals surface area contributed by atoms with Gasteiger partial charge in [0.15, 0.2) is 0 Å². The lowest BCUT2D eigenvalue weighted by Crippen LogP contribution is -2.28. The van der Waals surface area contributed by atoms with Crippen molar-refractivity contribution in [3.05, 3.63) is 54.4 Å². The average Bonchev–Trinajstić information content (AvgIpc) is 3.06. The number of aromatic nitrogens is 1. The summed E-state index contributed by atoms with van der Waals surface area (Å²) in [6, 6.07) is 12.8. The number of nitrogens with zero attached hydrogens (tertiary/aromatic N) is 1. The summed E-state index contributed by atoms with van der Waals surface area (Å²) >= 11 is 0. The Labute approximate surface area is 162 Å². The summed E-state index contributed by atoms with van der Waals surface area (Å²) in [5, 5.41) is 6.80. The van der Waals surface area contributed by atoms with E-state index in [0.29, 0.717) is 12.6 Å². The van der Waals surface area contributed by atoms with E-state index in [-0.39, 0.29) is 37.2 Å². The van der Waals surface area contributed by atoms with Gasteiger partial charge in [-0.3, -0.25) is 4.98 Å². The monoisotopic (exact) mass is 391 g/mol. The zero-order chi connectivity index (χ0) is 14.3. The molecule has 134 valence electrons. The summed E-state index contributed by atoms with van der Waals surface area (Å²) < 4.78 is 5.82. The quantitative estimate of drug-likeness (QED) is 0.777. The second-order valence-corrected chi connectivity index (χ2v) is 5.35. The summed E-state index contributed by atoms with van der Waals surface area (Å²) in [4.78, 5) is 4.23. The van der Waals surface area contributed by atoms with Crippen LogP contribution in [0.15, 0.2) is 48.8 Å². The van der Waals surface area contributed by atoms with Crippen molar-refractivity contribution in [3.63, 3.8) is 0 Å². The molecule has 0 aliphatic carbocycles. The van der Waals surface area contributed by atoms with E-state index in [1.807, 2.05) is 30.5 Å². The van der Waals surface area contributed by atoms with Gasteiger partial charge in [0, 0.05) is 18.7 Å². The number of pyridine rings is 1. The Morgan fingerprint density at radius 1 is 1.12 bits per heavy atom. The number of halogens is 3. The fraction of sp³-hybridized carbons (Fsp3) is 0.353. The van der Waals surface area contributed by atoms with Crippen molar-refractivity contribution in [1.82, 2.24) is 10.3 Å². The van der Waals surface area contributed by atoms with Crippen LogP contribution in [-0.4, -0.2) is 24.2 Å². The van der Waals surface area contributed by atoms with Crippen molar-refractivity contribution >= 4 is 42.9 Å². The predicted molar refractivity (Wildman–Crippen MR) is 106 cm³/mol. The number of rotatable bonds is 6. The van der Waals surface area contributed by atoms with Gasteiger partial charge in [-0.25, -0.2) is 0 Å². The van der Waals surface area contributed by atoms with Gasteiger partial charge in [0.2, 0.25) is 0 Å². The van der Waals surface area contributed by atoms with Gasteiger partial charge in [0.05, 0.1) is 18.1 Å². The first-order valence-corrected chi connectivity index (χ1v) is 7.49. The highest BCUT2D eigenvalue weighted by atomic mass is 35.5. The Morgan fingerprint density at radius 2 is 1.92 bits per heavy atom. The van der Waals surface area contributed by atoms with Crippen LogP contribution in [-0.2, 0) is 6.54 Å². The van der Waals surface area contributed by atoms with Gasteiger partial charge in [0.25, 0.3) is 0 Å². The first-order chi connectivity index (χ1) is 10.4. The molecule has 4 nitrogen and oxygen atoms in total. The molecule has 1 aliphatic heterocycles. The molecular formula is C17H24Cl3N3O. The summed E-state index contributed by atoms with van der Waals surface area (Å²) in [5.74, 6) is 0.821. The standard InChI is InChI=1S/C17H21N3O.3ClH/c1-2-5-14(6-3-1)10-20-16-9-17(12-18-11-16)21-13-15-7-4-8-19-15;;;/h1-3,5-6,9,11-12,15,19-20H,4,7-8,10,13H2;3*1H/t15-;;;/m0.../s1. The van der Waals surface area contributed by atoms with Crippen molar-refractivity contribution in [2.45, 2.75) is 25.4 Å². The van der Waals surface area contributed by atoms with E-state index in [1.54, 1.807) is 6.20 Å². The van der Waals surface area contributed by atoms with Crippen LogP contribution in [0.25, 0.3) is 0 Å². The molecule has 2 N–H and O–H groups in total. The van der Waals surface area contributed by atoms with E-state index < -0.39 is 0 Å². The van der Waals surface area contributed by atoms with E-state index in [4.69, 9.17) is 4.74 Å². The fourth-order valence-electron chi connectivity index (χ4n) is 2.49. The summed E-state index contributed by atoms with van der Waals surface area (Å²) in [5.41, 5.74) is 2.23. The SMILES string of the molecule is Cl.Cl.Cl.c1ccc(CNc2cncc(OC[C@@H]3CCCN3)c2)cc1. The second-order valence-electron chi connectivity index (χ2n) is 5.35. The molecule has 1 fully saturated rings. The Kier molecular flexibility index (Phi) is 11.6. The van der Waals surface area contributed by atoms with Crippen molar-refractivity contribution in [2.24, 2.45) is 0 Å². The third-order valence-electron chi connectivity index (χ3n) is 3.67. The summed E-state index contributed by atoms with van der Waals surface area (Å²) in [6.45, 7) is 2.60. The van der Waals surface area contributed by atoms with Crippen molar-refractivity contribution in [2.75, 3.05) is 18.5 Å². The number of anilines is 1. The summed E-state index contributed by atoms with van der Waals surface area (Å²) in [7, 11) is 0. The minimum absolute atomic E-state index is 0. The zero-order valence-electron chi connectivity index (χ0n) is 13.3. The molecule has 1 aromatic carbocycles. The second kappa shape index (κ2) is 12.2. The van der Waals surface area contributed by atoms with Crippen LogP contribution < -0.4 is 15.4 Å². The number of hydrogen-bond donors (Lipinski definition) is 2. The van der Waals surface area contributed by atoms with Crippen LogP contribution in [0, 0.1) is 0 Å². The lowest BCUT2D eigenvalue weighted by atomic mass is 10.2. The van der Waals surface area contributed by atoms with Gasteiger partial charge in [-0.2, -0.15) is 0 Å². The largest absolute Gasteiger partial charge is 0.490 e. The molecule has 1 aliphatic rings. The Balaban J connectivity index is 0.00000176. The Hall–Kier alpha value is -1.20. The van der Waals surface area contributed by atoms with Gasteiger partial charge in [-0.1, -0.05) is 30.3 Å². The highest BCUT2D eigenvalue weighted by Gasteiger charge is 2.14. The molecule has 1 saturated heterocycles. The molecule has 2 heterocycles. The van der Waals surface area contributed by atoms with Crippen LogP contribution >= 0.6 is 37.2 Å². The van der Waals surface area contributed by atoms with Crippen LogP contribution in [0.4, 0.5) is 5.69 Å². The maximum atomic E-state index is 5.82. The topological polar surface area (TPSA) is 46.2 Å². The van der Waals surface area contributed by atoms with Gasteiger partial charge in [-0.15, -0.1) is 37.2 Å². The predicted octanol–water partition coefficient (Wildman–Crippen LogP) is 4.09. The molecule has 1 atom stereocenters. The Bertz CT molecular complexity index is 566. The number of benzene rings is 1. The average molecular weight is 393 g/mol. The highest BCUT2D eigenvalue weighted by Crippen LogP contribution is 2.17. The van der Waals surface area contributed by atoms with Gasteiger partial charge < -0.3 is 15.4 Å². The van der Waals surface area contributed by atoms with Crippen LogP contribution in [0.5, 0.6) is 5.75 Å². The van der Waals surface area contributed by atoms with Crippen LogP contribution in [0.2, 0.25) is 0 Å². The van der Waals surface area contributed by atoms with E-state index in [2.05, 4.69) is 27.8 Å². The summed E-state index contributed by atoms with van der Waals surface area (Å²) in [6.07, 6.45) is 6.02. The molecule has 3 rings (SSSR count). The van der Waals surface area contributed by atoms with Gasteiger partial charge >= 0.3 is 0 Å². The Morgan fingerprint density at radius 3 is 2.62 bits per heavy atom. The molecule has 1 aromatic heterocycles. The highest BCUT2D eigenvalue weighted by molar-refractivity contribution is 5.86. The number of nitrogens with one attached hydrogen (secondary N) is 2. The molecule has 2 aromatic rings. The minimum atomic E-state index is 0. The molecule has 7 heteroatoms. The normalized spacial score (nSPS) is 15.4. The number of ether oxygens (including phenoxy) is 1. The van der Waals surface area contributed by atoms with Crippen molar-refractivity contribution in [1.29, 1.82) is 0 Å². The van der Waals surface area contributed by atoms with E-state index in [0.717, 1.165) is 24.5 Å². The molecule has 0 unspecified atom stereocenters. The van der Waals surface area contributed by atoms with E-state index in [9.17, 15) is 0 Å². The lowest BCUT2D eigenvalue weighted by Gasteiger charge is -2.13. The molecule has 0 amide bonds. The first kappa shape index (κ1) is 22.8. The molecule has 0 saturated carbocycles. The maximum absolute atomic E-state index is 5.82. The molecule has 0 radical (unpaired) electrons. The third kappa shape index (κ3) is 7.14. The van der Waals surface area contributed by atoms with Crippen molar-refractivity contribution < 1.29 is 4.74 Å².